The molecule has 1 unspecified atom stereocenters. The average molecular weight is 358 g/mol. The van der Waals surface area contributed by atoms with E-state index in [0.29, 0.717) is 22.8 Å². The molecule has 0 aliphatic carbocycles. The van der Waals surface area contributed by atoms with Crippen LogP contribution in [0.15, 0.2) is 47.5 Å². The van der Waals surface area contributed by atoms with Crippen LogP contribution in [-0.4, -0.2) is 23.2 Å². The molecule has 0 saturated carbocycles. The number of benzene rings is 2. The number of ether oxygens (including phenoxy) is 2. The highest BCUT2D eigenvalue weighted by Gasteiger charge is 2.27. The largest absolute Gasteiger partial charge is 0.485 e. The number of carbonyl (C=O) groups excluding carboxylic acids is 1. The molecule has 0 fully saturated rings. The summed E-state index contributed by atoms with van der Waals surface area (Å²) in [6, 6.07) is 11.8. The molecule has 2 aromatic carbocycles. The Morgan fingerprint density at radius 3 is 2.92 bits per heavy atom. The second-order valence-electron chi connectivity index (χ2n) is 5.56. The van der Waals surface area contributed by atoms with Gasteiger partial charge in [-0.15, -0.1) is 0 Å². The standard InChI is InChI=1S/C18H15FN2O3S/c1-2-21-12-8-7-11(19)9-16(12)25-18(21)20-17(22)15-10-23-13-5-3-4-6-14(13)24-15/h3-9,15H,2,10H2,1H3. The Kier molecular flexibility index (Phi) is 4.01. The number of halogens is 1. The zero-order valence-electron chi connectivity index (χ0n) is 13.4. The molecule has 3 aromatic rings. The van der Waals surface area contributed by atoms with Gasteiger partial charge in [0.15, 0.2) is 16.3 Å². The number of carbonyl (C=O) groups is 1. The number of fused-ring (bicyclic) bond motifs is 2. The topological polar surface area (TPSA) is 52.8 Å². The molecule has 0 spiro atoms. The van der Waals surface area contributed by atoms with Crippen molar-refractivity contribution >= 4 is 27.5 Å². The van der Waals surface area contributed by atoms with E-state index in [2.05, 4.69) is 4.99 Å². The van der Waals surface area contributed by atoms with Gasteiger partial charge in [0, 0.05) is 6.54 Å². The third kappa shape index (κ3) is 2.91. The van der Waals surface area contributed by atoms with Gasteiger partial charge in [-0.2, -0.15) is 4.99 Å². The molecule has 4 rings (SSSR count). The van der Waals surface area contributed by atoms with Crippen molar-refractivity contribution in [3.63, 3.8) is 0 Å². The molecule has 1 amide bonds. The molecule has 128 valence electrons. The van der Waals surface area contributed by atoms with Gasteiger partial charge in [-0.1, -0.05) is 23.5 Å². The molecule has 1 aliphatic rings. The first-order valence-electron chi connectivity index (χ1n) is 7.91. The zero-order valence-corrected chi connectivity index (χ0v) is 14.3. The van der Waals surface area contributed by atoms with Gasteiger partial charge < -0.3 is 14.0 Å². The molecule has 0 bridgehead atoms. The number of aromatic nitrogens is 1. The molecule has 0 N–H and O–H groups in total. The number of para-hydroxylation sites is 2. The smallest absolute Gasteiger partial charge is 0.292 e. The van der Waals surface area contributed by atoms with E-state index in [1.807, 2.05) is 23.6 Å². The first kappa shape index (κ1) is 15.8. The molecule has 2 heterocycles. The Morgan fingerprint density at radius 1 is 1.32 bits per heavy atom. The summed E-state index contributed by atoms with van der Waals surface area (Å²) in [6.07, 6.45) is -0.790. The van der Waals surface area contributed by atoms with E-state index < -0.39 is 12.0 Å². The van der Waals surface area contributed by atoms with Gasteiger partial charge in [-0.05, 0) is 37.3 Å². The van der Waals surface area contributed by atoms with Crippen LogP contribution >= 0.6 is 11.3 Å². The predicted molar refractivity (Wildman–Crippen MR) is 92.4 cm³/mol. The highest BCUT2D eigenvalue weighted by molar-refractivity contribution is 7.16. The van der Waals surface area contributed by atoms with Crippen molar-refractivity contribution in [3.8, 4) is 11.5 Å². The number of hydrogen-bond donors (Lipinski definition) is 0. The summed E-state index contributed by atoms with van der Waals surface area (Å²) in [5, 5.41) is 0. The highest BCUT2D eigenvalue weighted by atomic mass is 32.1. The Labute approximate surface area is 147 Å². The van der Waals surface area contributed by atoms with E-state index in [-0.39, 0.29) is 12.4 Å². The van der Waals surface area contributed by atoms with Crippen LogP contribution in [-0.2, 0) is 11.3 Å². The van der Waals surface area contributed by atoms with Gasteiger partial charge in [0.25, 0.3) is 5.91 Å². The summed E-state index contributed by atoms with van der Waals surface area (Å²) in [6.45, 7) is 2.70. The van der Waals surface area contributed by atoms with Crippen molar-refractivity contribution in [2.45, 2.75) is 19.6 Å². The molecule has 5 nitrogen and oxygen atoms in total. The monoisotopic (exact) mass is 358 g/mol. The SMILES string of the molecule is CCn1c(=NC(=O)C2COc3ccccc3O2)sc2cc(F)ccc21. The molecule has 0 radical (unpaired) electrons. The lowest BCUT2D eigenvalue weighted by atomic mass is 10.2. The van der Waals surface area contributed by atoms with Crippen molar-refractivity contribution in [1.82, 2.24) is 4.57 Å². The third-order valence-corrected chi connectivity index (χ3v) is 4.99. The molecule has 1 aromatic heterocycles. The minimum absolute atomic E-state index is 0.116. The third-order valence-electron chi connectivity index (χ3n) is 3.95. The Balaban J connectivity index is 1.69. The van der Waals surface area contributed by atoms with Gasteiger partial charge >= 0.3 is 0 Å². The summed E-state index contributed by atoms with van der Waals surface area (Å²) in [4.78, 5) is 17.3. The second-order valence-corrected chi connectivity index (χ2v) is 6.56. The number of rotatable bonds is 2. The molecule has 0 saturated heterocycles. The van der Waals surface area contributed by atoms with Crippen molar-refractivity contribution in [2.75, 3.05) is 6.61 Å². The minimum Gasteiger partial charge on any atom is -0.485 e. The summed E-state index contributed by atoms with van der Waals surface area (Å²) >= 11 is 1.28. The Bertz CT molecular complexity index is 1020. The van der Waals surface area contributed by atoms with Crippen molar-refractivity contribution in [1.29, 1.82) is 0 Å². The van der Waals surface area contributed by atoms with E-state index in [1.54, 1.807) is 18.2 Å². The molecular formula is C18H15FN2O3S. The minimum atomic E-state index is -0.790. The number of thiazole rings is 1. The van der Waals surface area contributed by atoms with Crippen molar-refractivity contribution in [3.05, 3.63) is 53.1 Å². The van der Waals surface area contributed by atoms with E-state index in [1.165, 1.54) is 23.5 Å². The van der Waals surface area contributed by atoms with E-state index >= 15 is 0 Å². The Morgan fingerprint density at radius 2 is 2.12 bits per heavy atom. The van der Waals surface area contributed by atoms with Crippen LogP contribution in [0.25, 0.3) is 10.2 Å². The first-order chi connectivity index (χ1) is 12.2. The maximum atomic E-state index is 13.4. The van der Waals surface area contributed by atoms with Crippen LogP contribution in [0.1, 0.15) is 6.92 Å². The maximum Gasteiger partial charge on any atom is 0.292 e. The second kappa shape index (κ2) is 6.33. The number of aryl methyl sites for hydroxylation is 1. The van der Waals surface area contributed by atoms with Crippen LogP contribution < -0.4 is 14.3 Å². The fourth-order valence-electron chi connectivity index (χ4n) is 2.75. The van der Waals surface area contributed by atoms with Crippen molar-refractivity contribution < 1.29 is 18.7 Å². The summed E-state index contributed by atoms with van der Waals surface area (Å²) in [5.74, 6) is 0.427. The fourth-order valence-corrected chi connectivity index (χ4v) is 3.87. The molecular weight excluding hydrogens is 343 g/mol. The number of amides is 1. The number of nitrogens with zero attached hydrogens (tertiary/aromatic N) is 2. The van der Waals surface area contributed by atoms with E-state index in [0.717, 1.165) is 10.2 Å². The summed E-state index contributed by atoms with van der Waals surface area (Å²) in [5.41, 5.74) is 0.853. The molecule has 25 heavy (non-hydrogen) atoms. The average Bonchev–Trinajstić information content (AvgIpc) is 2.97. The van der Waals surface area contributed by atoms with E-state index in [9.17, 15) is 9.18 Å². The lowest BCUT2D eigenvalue weighted by molar-refractivity contribution is -0.127. The normalized spacial score (nSPS) is 17.0. The van der Waals surface area contributed by atoms with Crippen LogP contribution in [0.5, 0.6) is 11.5 Å². The van der Waals surface area contributed by atoms with Gasteiger partial charge in [0.2, 0.25) is 6.10 Å². The van der Waals surface area contributed by atoms with Crippen LogP contribution in [0.3, 0.4) is 0 Å². The first-order valence-corrected chi connectivity index (χ1v) is 8.73. The number of hydrogen-bond acceptors (Lipinski definition) is 4. The molecule has 1 aliphatic heterocycles. The zero-order chi connectivity index (χ0) is 17.4. The van der Waals surface area contributed by atoms with Crippen LogP contribution in [0.4, 0.5) is 4.39 Å². The quantitative estimate of drug-likeness (QED) is 0.707. The maximum absolute atomic E-state index is 13.4. The fraction of sp³-hybridized carbons (Fsp3) is 0.222. The lowest BCUT2D eigenvalue weighted by Crippen LogP contribution is -2.36. The lowest BCUT2D eigenvalue weighted by Gasteiger charge is -2.23. The van der Waals surface area contributed by atoms with Gasteiger partial charge in [-0.3, -0.25) is 4.79 Å². The van der Waals surface area contributed by atoms with Gasteiger partial charge in [0.1, 0.15) is 12.4 Å². The summed E-state index contributed by atoms with van der Waals surface area (Å²) < 4.78 is 27.3. The molecule has 7 heteroatoms. The van der Waals surface area contributed by atoms with Gasteiger partial charge in [0.05, 0.1) is 10.2 Å². The van der Waals surface area contributed by atoms with Gasteiger partial charge in [-0.25, -0.2) is 4.39 Å². The highest BCUT2D eigenvalue weighted by Crippen LogP contribution is 2.31. The Hall–Kier alpha value is -2.67. The van der Waals surface area contributed by atoms with E-state index in [4.69, 9.17) is 9.47 Å². The molecule has 1 atom stereocenters. The van der Waals surface area contributed by atoms with Crippen LogP contribution in [0, 0.1) is 5.82 Å². The predicted octanol–water partition coefficient (Wildman–Crippen LogP) is 3.13. The van der Waals surface area contributed by atoms with Crippen molar-refractivity contribution in [2.24, 2.45) is 4.99 Å². The van der Waals surface area contributed by atoms with Crippen LogP contribution in [0.2, 0.25) is 0 Å². The summed E-state index contributed by atoms with van der Waals surface area (Å²) in [7, 11) is 0.